The van der Waals surface area contributed by atoms with Crippen LogP contribution < -0.4 is 15.1 Å². The van der Waals surface area contributed by atoms with Gasteiger partial charge in [0.1, 0.15) is 18.0 Å². The number of nitrogens with one attached hydrogen (secondary N) is 2. The van der Waals surface area contributed by atoms with E-state index in [0.29, 0.717) is 5.95 Å². The van der Waals surface area contributed by atoms with Crippen molar-refractivity contribution in [3.63, 3.8) is 0 Å². The van der Waals surface area contributed by atoms with Crippen LogP contribution in [0.25, 0.3) is 11.0 Å². The standard InChI is InChI=1S/C15H19N9/c1-2-16-15-17-4-3-12(21-15)23-5-7-24(8-6-23)14-11-9-20-22-13(11)18-10-19-14/h3-4,9-10H,2,5-8H2,1H3,(H,16,17,21)(H,18,19,20,22). The monoisotopic (exact) mass is 325 g/mol. The first-order valence-electron chi connectivity index (χ1n) is 8.06. The van der Waals surface area contributed by atoms with Gasteiger partial charge in [-0.05, 0) is 13.0 Å². The summed E-state index contributed by atoms with van der Waals surface area (Å²) >= 11 is 0. The molecule has 0 saturated carbocycles. The van der Waals surface area contributed by atoms with Crippen molar-refractivity contribution >= 4 is 28.6 Å². The molecule has 0 aromatic carbocycles. The Labute approximate surface area is 139 Å². The van der Waals surface area contributed by atoms with Gasteiger partial charge in [0.2, 0.25) is 5.95 Å². The molecule has 1 saturated heterocycles. The number of rotatable bonds is 4. The summed E-state index contributed by atoms with van der Waals surface area (Å²) in [6, 6.07) is 1.95. The SMILES string of the molecule is CCNc1nccc(N2CCN(c3ncnc4[nH]ncc34)CC2)n1. The highest BCUT2D eigenvalue weighted by molar-refractivity contribution is 5.86. The van der Waals surface area contributed by atoms with E-state index in [4.69, 9.17) is 0 Å². The van der Waals surface area contributed by atoms with Crippen LogP contribution in [0.5, 0.6) is 0 Å². The molecule has 124 valence electrons. The topological polar surface area (TPSA) is 98.8 Å². The smallest absolute Gasteiger partial charge is 0.224 e. The third-order valence-electron chi connectivity index (χ3n) is 4.11. The zero-order valence-electron chi connectivity index (χ0n) is 13.5. The Morgan fingerprint density at radius 2 is 1.96 bits per heavy atom. The molecule has 0 bridgehead atoms. The van der Waals surface area contributed by atoms with Crippen molar-refractivity contribution in [1.29, 1.82) is 0 Å². The summed E-state index contributed by atoms with van der Waals surface area (Å²) in [6.07, 6.45) is 5.16. The lowest BCUT2D eigenvalue weighted by atomic mass is 10.2. The molecule has 0 radical (unpaired) electrons. The van der Waals surface area contributed by atoms with Crippen molar-refractivity contribution < 1.29 is 0 Å². The van der Waals surface area contributed by atoms with E-state index in [-0.39, 0.29) is 0 Å². The van der Waals surface area contributed by atoms with E-state index in [1.807, 2.05) is 13.0 Å². The lowest BCUT2D eigenvalue weighted by molar-refractivity contribution is 0.642. The first-order chi connectivity index (χ1) is 11.8. The minimum atomic E-state index is 0.674. The van der Waals surface area contributed by atoms with Crippen LogP contribution in [-0.2, 0) is 0 Å². The molecule has 4 rings (SSSR count). The summed E-state index contributed by atoms with van der Waals surface area (Å²) in [5.74, 6) is 2.56. The van der Waals surface area contributed by atoms with Crippen LogP contribution in [0.2, 0.25) is 0 Å². The molecule has 24 heavy (non-hydrogen) atoms. The second kappa shape index (κ2) is 6.26. The summed E-state index contributed by atoms with van der Waals surface area (Å²) in [5.41, 5.74) is 0.772. The zero-order valence-corrected chi connectivity index (χ0v) is 13.5. The maximum Gasteiger partial charge on any atom is 0.224 e. The molecule has 4 heterocycles. The molecule has 1 fully saturated rings. The Kier molecular flexibility index (Phi) is 3.81. The first kappa shape index (κ1) is 14.6. The molecule has 0 amide bonds. The Balaban J connectivity index is 1.49. The van der Waals surface area contributed by atoms with Crippen LogP contribution in [0, 0.1) is 0 Å². The number of nitrogens with zero attached hydrogens (tertiary/aromatic N) is 7. The molecule has 3 aromatic rings. The van der Waals surface area contributed by atoms with E-state index < -0.39 is 0 Å². The van der Waals surface area contributed by atoms with Crippen molar-refractivity contribution in [2.75, 3.05) is 47.8 Å². The number of hydrogen-bond donors (Lipinski definition) is 2. The predicted molar refractivity (Wildman–Crippen MR) is 92.3 cm³/mol. The van der Waals surface area contributed by atoms with Crippen molar-refractivity contribution in [1.82, 2.24) is 30.1 Å². The van der Waals surface area contributed by atoms with Gasteiger partial charge in [-0.15, -0.1) is 0 Å². The van der Waals surface area contributed by atoms with E-state index in [1.165, 1.54) is 0 Å². The van der Waals surface area contributed by atoms with Crippen LogP contribution in [-0.4, -0.2) is 62.9 Å². The number of hydrogen-bond acceptors (Lipinski definition) is 8. The number of anilines is 3. The van der Waals surface area contributed by atoms with Gasteiger partial charge in [-0.25, -0.2) is 15.0 Å². The molecule has 0 spiro atoms. The van der Waals surface area contributed by atoms with Crippen molar-refractivity contribution in [2.24, 2.45) is 0 Å². The molecule has 1 aliphatic heterocycles. The number of piperazine rings is 1. The van der Waals surface area contributed by atoms with Gasteiger partial charge in [-0.3, -0.25) is 5.10 Å². The highest BCUT2D eigenvalue weighted by atomic mass is 15.3. The number of fused-ring (bicyclic) bond motifs is 1. The van der Waals surface area contributed by atoms with Crippen LogP contribution in [0.3, 0.4) is 0 Å². The fourth-order valence-corrected chi connectivity index (χ4v) is 2.92. The number of H-pyrrole nitrogens is 1. The summed E-state index contributed by atoms with van der Waals surface area (Å²) in [7, 11) is 0. The minimum absolute atomic E-state index is 0.674. The van der Waals surface area contributed by atoms with Crippen molar-refractivity contribution in [2.45, 2.75) is 6.92 Å². The van der Waals surface area contributed by atoms with E-state index >= 15 is 0 Å². The van der Waals surface area contributed by atoms with Crippen LogP contribution in [0.1, 0.15) is 6.92 Å². The van der Waals surface area contributed by atoms with Gasteiger partial charge < -0.3 is 15.1 Å². The largest absolute Gasteiger partial charge is 0.354 e. The lowest BCUT2D eigenvalue weighted by Gasteiger charge is -2.36. The molecule has 2 N–H and O–H groups in total. The predicted octanol–water partition coefficient (Wildman–Crippen LogP) is 0.901. The molecule has 3 aromatic heterocycles. The molecular weight excluding hydrogens is 306 g/mol. The van der Waals surface area contributed by atoms with E-state index in [0.717, 1.165) is 55.4 Å². The van der Waals surface area contributed by atoms with Gasteiger partial charge in [-0.2, -0.15) is 10.1 Å². The van der Waals surface area contributed by atoms with Crippen molar-refractivity contribution in [3.8, 4) is 0 Å². The molecule has 1 aliphatic rings. The summed E-state index contributed by atoms with van der Waals surface area (Å²) in [6.45, 7) is 6.35. The molecule has 0 aliphatic carbocycles. The van der Waals surface area contributed by atoms with Crippen molar-refractivity contribution in [3.05, 3.63) is 24.8 Å². The lowest BCUT2D eigenvalue weighted by Crippen LogP contribution is -2.47. The Morgan fingerprint density at radius 3 is 2.79 bits per heavy atom. The fourth-order valence-electron chi connectivity index (χ4n) is 2.92. The van der Waals surface area contributed by atoms with Crippen LogP contribution in [0.15, 0.2) is 24.8 Å². The Morgan fingerprint density at radius 1 is 1.12 bits per heavy atom. The second-order valence-electron chi connectivity index (χ2n) is 5.57. The minimum Gasteiger partial charge on any atom is -0.354 e. The average Bonchev–Trinajstić information content (AvgIpc) is 3.11. The van der Waals surface area contributed by atoms with Gasteiger partial charge in [0.05, 0.1) is 11.6 Å². The third-order valence-corrected chi connectivity index (χ3v) is 4.11. The molecule has 0 atom stereocenters. The van der Waals surface area contributed by atoms with E-state index in [9.17, 15) is 0 Å². The third kappa shape index (κ3) is 2.68. The van der Waals surface area contributed by atoms with Gasteiger partial charge in [0.25, 0.3) is 0 Å². The normalized spacial score (nSPS) is 15.0. The summed E-state index contributed by atoms with van der Waals surface area (Å²) in [5, 5.41) is 11.1. The highest BCUT2D eigenvalue weighted by Crippen LogP contribution is 2.23. The average molecular weight is 325 g/mol. The zero-order chi connectivity index (χ0) is 16.4. The quantitative estimate of drug-likeness (QED) is 0.730. The summed E-state index contributed by atoms with van der Waals surface area (Å²) in [4.78, 5) is 22.0. The summed E-state index contributed by atoms with van der Waals surface area (Å²) < 4.78 is 0. The first-order valence-corrected chi connectivity index (χ1v) is 8.06. The molecule has 0 unspecified atom stereocenters. The molecule has 9 nitrogen and oxygen atoms in total. The van der Waals surface area contributed by atoms with Crippen LogP contribution in [0.4, 0.5) is 17.6 Å². The number of aromatic nitrogens is 6. The Hall–Kier alpha value is -2.97. The highest BCUT2D eigenvalue weighted by Gasteiger charge is 2.21. The van der Waals surface area contributed by atoms with Gasteiger partial charge >= 0.3 is 0 Å². The van der Waals surface area contributed by atoms with E-state index in [2.05, 4.69) is 45.2 Å². The van der Waals surface area contributed by atoms with Gasteiger partial charge in [0, 0.05) is 38.9 Å². The van der Waals surface area contributed by atoms with Gasteiger partial charge in [0.15, 0.2) is 5.65 Å². The van der Waals surface area contributed by atoms with E-state index in [1.54, 1.807) is 18.7 Å². The second-order valence-corrected chi connectivity index (χ2v) is 5.57. The fraction of sp³-hybridized carbons (Fsp3) is 0.400. The number of aromatic amines is 1. The maximum absolute atomic E-state index is 4.57. The van der Waals surface area contributed by atoms with Crippen LogP contribution >= 0.6 is 0 Å². The Bertz CT molecular complexity index is 822. The molecular formula is C15H19N9. The molecule has 9 heteroatoms. The van der Waals surface area contributed by atoms with Gasteiger partial charge in [-0.1, -0.05) is 0 Å². The maximum atomic E-state index is 4.57.